The molecule has 0 bridgehead atoms. The molecule has 8 heteroatoms. The van der Waals surface area contributed by atoms with Gasteiger partial charge in [0, 0.05) is 24.6 Å². The van der Waals surface area contributed by atoms with Gasteiger partial charge < -0.3 is 20.2 Å². The first-order valence-electron chi connectivity index (χ1n) is 11.0. The number of halogens is 2. The van der Waals surface area contributed by atoms with Crippen LogP contribution in [0.15, 0.2) is 18.2 Å². The van der Waals surface area contributed by atoms with Crippen molar-refractivity contribution in [2.45, 2.75) is 71.1 Å². The van der Waals surface area contributed by atoms with Gasteiger partial charge in [0.05, 0.1) is 30.5 Å². The first kappa shape index (κ1) is 25.6. The number of unbranched alkanes of at least 4 members (excludes halogenated alkanes) is 3. The third-order valence-electron chi connectivity index (χ3n) is 5.82. The minimum absolute atomic E-state index is 0.0907. The third kappa shape index (κ3) is 6.94. The smallest absolute Gasteiger partial charge is 0.232 e. The Hall–Kier alpha value is -1.61. The van der Waals surface area contributed by atoms with Gasteiger partial charge in [-0.05, 0) is 37.9 Å². The molecule has 1 amide bonds. The Morgan fingerprint density at radius 3 is 2.45 bits per heavy atom. The van der Waals surface area contributed by atoms with E-state index in [9.17, 15) is 28.9 Å². The van der Waals surface area contributed by atoms with Crippen molar-refractivity contribution in [1.29, 1.82) is 0 Å². The minimum Gasteiger partial charge on any atom is -0.395 e. The number of rotatable bonds is 9. The summed E-state index contributed by atoms with van der Waals surface area (Å²) in [5, 5.41) is 29.3. The van der Waals surface area contributed by atoms with Crippen molar-refractivity contribution in [3.8, 4) is 0 Å². The number of benzene rings is 1. The number of anilines is 1. The molecule has 1 aliphatic rings. The average molecular weight is 443 g/mol. The number of hydrogen-bond donors (Lipinski definition) is 3. The molecule has 0 aromatic heterocycles. The van der Waals surface area contributed by atoms with Crippen molar-refractivity contribution in [3.63, 3.8) is 0 Å². The molecule has 176 valence electrons. The van der Waals surface area contributed by atoms with Crippen LogP contribution in [-0.2, 0) is 4.79 Å². The summed E-state index contributed by atoms with van der Waals surface area (Å²) in [4.78, 5) is 16.2. The van der Waals surface area contributed by atoms with E-state index in [2.05, 4.69) is 0 Å². The molecule has 2 rings (SSSR count). The van der Waals surface area contributed by atoms with Gasteiger partial charge in [0.1, 0.15) is 11.6 Å². The van der Waals surface area contributed by atoms with Crippen molar-refractivity contribution >= 4 is 11.6 Å². The van der Waals surface area contributed by atoms with E-state index in [4.69, 9.17) is 0 Å². The van der Waals surface area contributed by atoms with Crippen LogP contribution < -0.4 is 4.90 Å². The van der Waals surface area contributed by atoms with Crippen molar-refractivity contribution in [2.75, 3.05) is 31.1 Å². The molecule has 0 saturated carbocycles. The Balaban J connectivity index is 1.86. The lowest BCUT2D eigenvalue weighted by Gasteiger charge is -2.40. The second-order valence-electron chi connectivity index (χ2n) is 9.35. The van der Waals surface area contributed by atoms with Gasteiger partial charge in [-0.3, -0.25) is 9.69 Å². The fourth-order valence-corrected chi connectivity index (χ4v) is 3.98. The van der Waals surface area contributed by atoms with E-state index in [0.717, 1.165) is 31.4 Å². The monoisotopic (exact) mass is 442 g/mol. The zero-order valence-corrected chi connectivity index (χ0v) is 18.7. The van der Waals surface area contributed by atoms with E-state index in [1.807, 2.05) is 4.90 Å². The van der Waals surface area contributed by atoms with Gasteiger partial charge in [-0.15, -0.1) is 0 Å². The fourth-order valence-electron chi connectivity index (χ4n) is 3.98. The molecule has 1 heterocycles. The highest BCUT2D eigenvalue weighted by Gasteiger charge is 2.35. The predicted octanol–water partition coefficient (Wildman–Crippen LogP) is 2.69. The van der Waals surface area contributed by atoms with Crippen LogP contribution in [0.2, 0.25) is 0 Å². The summed E-state index contributed by atoms with van der Waals surface area (Å²) in [5.41, 5.74) is -0.604. The first-order valence-corrected chi connectivity index (χ1v) is 11.0. The van der Waals surface area contributed by atoms with Crippen LogP contribution in [-0.4, -0.2) is 70.6 Å². The second kappa shape index (κ2) is 11.3. The summed E-state index contributed by atoms with van der Waals surface area (Å²) in [7, 11) is 0. The van der Waals surface area contributed by atoms with Crippen molar-refractivity contribution in [3.05, 3.63) is 29.8 Å². The largest absolute Gasteiger partial charge is 0.395 e. The Kier molecular flexibility index (Phi) is 9.36. The molecule has 1 fully saturated rings. The number of carbonyl (C=O) groups excluding carboxylic acids is 1. The quantitative estimate of drug-likeness (QED) is 0.512. The number of amides is 1. The molecule has 3 atom stereocenters. The van der Waals surface area contributed by atoms with Gasteiger partial charge in [-0.2, -0.15) is 0 Å². The Morgan fingerprint density at radius 1 is 1.16 bits per heavy atom. The van der Waals surface area contributed by atoms with Gasteiger partial charge in [-0.25, -0.2) is 8.78 Å². The second-order valence-corrected chi connectivity index (χ2v) is 9.35. The van der Waals surface area contributed by atoms with E-state index < -0.39 is 35.3 Å². The number of aliphatic hydroxyl groups is 3. The van der Waals surface area contributed by atoms with Gasteiger partial charge >= 0.3 is 0 Å². The Morgan fingerprint density at radius 2 is 1.84 bits per heavy atom. The molecular weight excluding hydrogens is 406 g/mol. The molecule has 6 nitrogen and oxygen atoms in total. The Labute approximate surface area is 183 Å². The van der Waals surface area contributed by atoms with E-state index in [1.165, 1.54) is 11.0 Å². The van der Waals surface area contributed by atoms with Crippen LogP contribution >= 0.6 is 0 Å². The van der Waals surface area contributed by atoms with Crippen LogP contribution in [0.3, 0.4) is 0 Å². The molecule has 1 aliphatic heterocycles. The molecule has 1 aromatic rings. The predicted molar refractivity (Wildman–Crippen MR) is 116 cm³/mol. The van der Waals surface area contributed by atoms with E-state index >= 15 is 0 Å². The van der Waals surface area contributed by atoms with Crippen molar-refractivity contribution < 1.29 is 28.9 Å². The highest BCUT2D eigenvalue weighted by atomic mass is 19.1. The van der Waals surface area contributed by atoms with Crippen LogP contribution in [0.4, 0.5) is 14.5 Å². The van der Waals surface area contributed by atoms with E-state index in [-0.39, 0.29) is 18.2 Å². The molecule has 3 N–H and O–H groups in total. The summed E-state index contributed by atoms with van der Waals surface area (Å²) < 4.78 is 27.6. The minimum atomic E-state index is -0.943. The lowest BCUT2D eigenvalue weighted by atomic mass is 9.94. The average Bonchev–Trinajstić information content (AvgIpc) is 2.69. The lowest BCUT2D eigenvalue weighted by Crippen LogP contribution is -2.56. The number of nitrogens with zero attached hydrogens (tertiary/aromatic N) is 2. The number of aliphatic hydroxyl groups excluding tert-OH is 3. The molecule has 1 aromatic carbocycles. The number of carbonyl (C=O) groups is 1. The lowest BCUT2D eigenvalue weighted by molar-refractivity contribution is -0.125. The summed E-state index contributed by atoms with van der Waals surface area (Å²) in [6.45, 7) is 6.77. The maximum atomic E-state index is 14.3. The normalized spacial score (nSPS) is 22.5. The van der Waals surface area contributed by atoms with Gasteiger partial charge in [0.15, 0.2) is 0 Å². The number of hydrogen-bond acceptors (Lipinski definition) is 5. The summed E-state index contributed by atoms with van der Waals surface area (Å²) in [5.74, 6) is -1.65. The van der Waals surface area contributed by atoms with Crippen LogP contribution in [0.25, 0.3) is 0 Å². The van der Waals surface area contributed by atoms with Crippen LogP contribution in [0.1, 0.15) is 52.9 Å². The highest BCUT2D eigenvalue weighted by molar-refractivity contribution is 5.97. The zero-order valence-electron chi connectivity index (χ0n) is 18.7. The van der Waals surface area contributed by atoms with Gasteiger partial charge in [0.2, 0.25) is 5.91 Å². The van der Waals surface area contributed by atoms with Gasteiger partial charge in [-0.1, -0.05) is 33.6 Å². The molecule has 31 heavy (non-hydrogen) atoms. The Bertz CT molecular complexity index is 726. The van der Waals surface area contributed by atoms with E-state index in [0.29, 0.717) is 32.5 Å². The molecule has 1 saturated heterocycles. The molecule has 0 unspecified atom stereocenters. The highest BCUT2D eigenvalue weighted by Crippen LogP contribution is 2.27. The van der Waals surface area contributed by atoms with Crippen LogP contribution in [0, 0.1) is 17.0 Å². The van der Waals surface area contributed by atoms with Crippen LogP contribution in [0.5, 0.6) is 0 Å². The molecular formula is C23H36F2N2O4. The maximum Gasteiger partial charge on any atom is 0.232 e. The van der Waals surface area contributed by atoms with Gasteiger partial charge in [0.25, 0.3) is 0 Å². The molecule has 0 aliphatic carbocycles. The summed E-state index contributed by atoms with van der Waals surface area (Å²) in [6.07, 6.45) is 1.94. The number of likely N-dealkylation sites (tertiary alicyclic amines) is 1. The SMILES string of the molecule is CC(C)(C)C(=O)N(CCCCCCN1CC[C@@H](O)[C@H](O)[C@H]1CO)c1ccc(F)cc1F. The molecule has 0 radical (unpaired) electrons. The maximum absolute atomic E-state index is 14.3. The summed E-state index contributed by atoms with van der Waals surface area (Å²) in [6, 6.07) is 2.80. The zero-order chi connectivity index (χ0) is 23.2. The topological polar surface area (TPSA) is 84.2 Å². The summed E-state index contributed by atoms with van der Waals surface area (Å²) >= 11 is 0. The van der Waals surface area contributed by atoms with E-state index in [1.54, 1.807) is 20.8 Å². The van der Waals surface area contributed by atoms with Crippen molar-refractivity contribution in [2.24, 2.45) is 5.41 Å². The fraction of sp³-hybridized carbons (Fsp3) is 0.696. The first-order chi connectivity index (χ1) is 14.6. The van der Waals surface area contributed by atoms with Crippen molar-refractivity contribution in [1.82, 2.24) is 4.90 Å². The third-order valence-corrected chi connectivity index (χ3v) is 5.82. The standard InChI is InChI=1S/C23H36F2N2O4/c1-23(2,3)22(31)27(18-9-8-16(24)14-17(18)25)12-7-5-4-6-11-26-13-10-20(29)21(30)19(26)15-28/h8-9,14,19-21,28-30H,4-7,10-13,15H2,1-3H3/t19-,20-,21-/m1/s1. The number of piperidine rings is 1. The molecule has 0 spiro atoms.